The van der Waals surface area contributed by atoms with Gasteiger partial charge in [-0.3, -0.25) is 4.79 Å². The molecule has 2 aliphatic heterocycles. The summed E-state index contributed by atoms with van der Waals surface area (Å²) in [6.07, 6.45) is 2.85. The molecule has 0 bridgehead atoms. The van der Waals surface area contributed by atoms with Crippen molar-refractivity contribution < 1.29 is 27.1 Å². The van der Waals surface area contributed by atoms with Crippen LogP contribution < -0.4 is 20.7 Å². The van der Waals surface area contributed by atoms with E-state index in [4.69, 9.17) is 10.5 Å². The zero-order valence-corrected chi connectivity index (χ0v) is 19.5. The first-order valence-electron chi connectivity index (χ1n) is 11.6. The van der Waals surface area contributed by atoms with Crippen molar-refractivity contribution in [3.05, 3.63) is 70.9 Å². The van der Waals surface area contributed by atoms with Crippen molar-refractivity contribution in [2.24, 2.45) is 11.7 Å². The van der Waals surface area contributed by atoms with Gasteiger partial charge in [-0.25, -0.2) is 22.5 Å². The predicted octanol–water partition coefficient (Wildman–Crippen LogP) is 4.67. The van der Waals surface area contributed by atoms with Gasteiger partial charge in [-0.15, -0.1) is 0 Å². The number of halogens is 4. The highest BCUT2D eigenvalue weighted by atomic mass is 19.1. The summed E-state index contributed by atoms with van der Waals surface area (Å²) < 4.78 is 64.2. The Morgan fingerprint density at radius 2 is 1.81 bits per heavy atom. The number of carbonyl (C=O) groups is 1. The van der Waals surface area contributed by atoms with Gasteiger partial charge in [-0.05, 0) is 36.6 Å². The molecule has 0 radical (unpaired) electrons. The van der Waals surface area contributed by atoms with Gasteiger partial charge in [0.1, 0.15) is 23.3 Å². The van der Waals surface area contributed by atoms with E-state index in [1.807, 2.05) is 0 Å². The van der Waals surface area contributed by atoms with Crippen molar-refractivity contribution in [3.63, 3.8) is 0 Å². The number of aromatic nitrogens is 1. The van der Waals surface area contributed by atoms with Crippen molar-refractivity contribution in [2.45, 2.75) is 25.8 Å². The number of piperidine rings is 1. The number of nitrogens with one attached hydrogen (secondary N) is 1. The second-order valence-electron chi connectivity index (χ2n) is 9.24. The topological polar surface area (TPSA) is 80.5 Å². The average molecular weight is 500 g/mol. The first-order valence-corrected chi connectivity index (χ1v) is 11.6. The Labute approximate surface area is 205 Å². The highest BCUT2D eigenvalue weighted by Gasteiger charge is 2.31. The standard InChI is InChI=1S/C26H24F4N4O2/c1-13-9-14(31)12-34(11-13)24-16-7-8-36-26(16)32-10-20(24)33-25(35)15-5-6-19(29)22(23(15)30)21-17(27)3-2-4-18(21)28/h2-6,10,13-14H,7-9,11-12,31H2,1H3,(H,33,35)/t13-,14+/m1/s1. The lowest BCUT2D eigenvalue weighted by Gasteiger charge is -2.38. The van der Waals surface area contributed by atoms with E-state index < -0.39 is 45.9 Å². The second-order valence-corrected chi connectivity index (χ2v) is 9.24. The molecule has 0 unspecified atom stereocenters. The largest absolute Gasteiger partial charge is 0.477 e. The van der Waals surface area contributed by atoms with Crippen LogP contribution in [0.5, 0.6) is 5.88 Å². The molecule has 188 valence electrons. The number of nitrogens with two attached hydrogens (primary N) is 1. The molecule has 3 N–H and O–H groups in total. The van der Waals surface area contributed by atoms with E-state index in [-0.39, 0.29) is 6.04 Å². The zero-order valence-electron chi connectivity index (χ0n) is 19.5. The van der Waals surface area contributed by atoms with Gasteiger partial charge in [0.25, 0.3) is 5.91 Å². The van der Waals surface area contributed by atoms with E-state index in [1.165, 1.54) is 6.20 Å². The number of hydrogen-bond donors (Lipinski definition) is 2. The Hall–Kier alpha value is -3.66. The number of amides is 1. The van der Waals surface area contributed by atoms with Gasteiger partial charge in [0, 0.05) is 31.1 Å². The molecule has 0 saturated carbocycles. The molecule has 1 aromatic heterocycles. The van der Waals surface area contributed by atoms with E-state index in [0.29, 0.717) is 49.3 Å². The molecule has 2 atom stereocenters. The minimum Gasteiger partial charge on any atom is -0.477 e. The van der Waals surface area contributed by atoms with Crippen LogP contribution in [-0.4, -0.2) is 36.6 Å². The summed E-state index contributed by atoms with van der Waals surface area (Å²) in [5.41, 5.74) is 5.66. The fourth-order valence-electron chi connectivity index (χ4n) is 5.04. The van der Waals surface area contributed by atoms with Gasteiger partial charge in [0.05, 0.1) is 40.9 Å². The third-order valence-corrected chi connectivity index (χ3v) is 6.51. The normalized spacial score (nSPS) is 19.1. The fourth-order valence-corrected chi connectivity index (χ4v) is 5.04. The molecule has 1 saturated heterocycles. The number of pyridine rings is 1. The van der Waals surface area contributed by atoms with Gasteiger partial charge >= 0.3 is 0 Å². The Bertz CT molecular complexity index is 1320. The van der Waals surface area contributed by atoms with Gasteiger partial charge in [0.2, 0.25) is 5.88 Å². The number of nitrogens with zero attached hydrogens (tertiary/aromatic N) is 2. The number of fused-ring (bicyclic) bond motifs is 1. The molecular weight excluding hydrogens is 476 g/mol. The van der Waals surface area contributed by atoms with E-state index >= 15 is 4.39 Å². The highest BCUT2D eigenvalue weighted by Crippen LogP contribution is 2.40. The van der Waals surface area contributed by atoms with Crippen LogP contribution >= 0.6 is 0 Å². The molecule has 0 spiro atoms. The predicted molar refractivity (Wildman–Crippen MR) is 127 cm³/mol. The third kappa shape index (κ3) is 4.26. The van der Waals surface area contributed by atoms with Crippen LogP contribution in [0.25, 0.3) is 11.1 Å². The molecule has 10 heteroatoms. The highest BCUT2D eigenvalue weighted by molar-refractivity contribution is 6.07. The molecule has 1 fully saturated rings. The van der Waals surface area contributed by atoms with Gasteiger partial charge in [-0.1, -0.05) is 13.0 Å². The van der Waals surface area contributed by atoms with Crippen molar-refractivity contribution in [2.75, 3.05) is 29.9 Å². The van der Waals surface area contributed by atoms with Crippen molar-refractivity contribution >= 4 is 17.3 Å². The zero-order chi connectivity index (χ0) is 25.6. The monoisotopic (exact) mass is 500 g/mol. The summed E-state index contributed by atoms with van der Waals surface area (Å²) in [5, 5.41) is 2.66. The van der Waals surface area contributed by atoms with Gasteiger partial charge in [0.15, 0.2) is 0 Å². The first kappa shape index (κ1) is 24.1. The van der Waals surface area contributed by atoms with E-state index in [0.717, 1.165) is 42.3 Å². The van der Waals surface area contributed by atoms with E-state index in [1.54, 1.807) is 0 Å². The molecule has 5 rings (SSSR count). The number of benzene rings is 2. The Balaban J connectivity index is 1.54. The maximum Gasteiger partial charge on any atom is 0.258 e. The van der Waals surface area contributed by atoms with Crippen LogP contribution in [0.2, 0.25) is 0 Å². The first-order chi connectivity index (χ1) is 17.2. The molecule has 0 aliphatic carbocycles. The molecule has 2 aliphatic rings. The lowest BCUT2D eigenvalue weighted by molar-refractivity contribution is 0.102. The lowest BCUT2D eigenvalue weighted by Crippen LogP contribution is -2.47. The number of carbonyl (C=O) groups excluding carboxylic acids is 1. The van der Waals surface area contributed by atoms with Crippen LogP contribution in [-0.2, 0) is 6.42 Å². The minimum absolute atomic E-state index is 0.0730. The molecular formula is C26H24F4N4O2. The minimum atomic E-state index is -1.37. The van der Waals surface area contributed by atoms with Gasteiger partial charge < -0.3 is 20.7 Å². The van der Waals surface area contributed by atoms with E-state index in [2.05, 4.69) is 22.1 Å². The summed E-state index contributed by atoms with van der Waals surface area (Å²) >= 11 is 0. The summed E-state index contributed by atoms with van der Waals surface area (Å²) in [5.74, 6) is -5.01. The summed E-state index contributed by atoms with van der Waals surface area (Å²) in [7, 11) is 0. The number of hydrogen-bond acceptors (Lipinski definition) is 5. The Morgan fingerprint density at radius 3 is 2.53 bits per heavy atom. The lowest BCUT2D eigenvalue weighted by atomic mass is 9.95. The number of anilines is 2. The summed E-state index contributed by atoms with van der Waals surface area (Å²) in [6.45, 7) is 3.76. The van der Waals surface area contributed by atoms with Crippen molar-refractivity contribution in [1.29, 1.82) is 0 Å². The molecule has 3 heterocycles. The van der Waals surface area contributed by atoms with E-state index in [9.17, 15) is 18.0 Å². The molecule has 2 aromatic carbocycles. The maximum atomic E-state index is 15.4. The average Bonchev–Trinajstić information content (AvgIpc) is 3.29. The number of ether oxygens (including phenoxy) is 1. The SMILES string of the molecule is C[C@@H]1C[C@H](N)CN(c2c(NC(=O)c3ccc(F)c(-c4c(F)cccc4F)c3F)cnc3c2CCO3)C1. The Morgan fingerprint density at radius 1 is 1.08 bits per heavy atom. The van der Waals surface area contributed by atoms with Crippen LogP contribution in [0.3, 0.4) is 0 Å². The molecule has 3 aromatic rings. The van der Waals surface area contributed by atoms with Crippen LogP contribution in [0.4, 0.5) is 28.9 Å². The third-order valence-electron chi connectivity index (χ3n) is 6.51. The number of rotatable bonds is 4. The molecule has 36 heavy (non-hydrogen) atoms. The van der Waals surface area contributed by atoms with Crippen LogP contribution in [0.1, 0.15) is 29.3 Å². The van der Waals surface area contributed by atoms with Crippen molar-refractivity contribution in [3.8, 4) is 17.0 Å². The van der Waals surface area contributed by atoms with Crippen molar-refractivity contribution in [1.82, 2.24) is 4.98 Å². The van der Waals surface area contributed by atoms with Crippen LogP contribution in [0.15, 0.2) is 36.5 Å². The summed E-state index contributed by atoms with van der Waals surface area (Å²) in [6, 6.07) is 4.53. The van der Waals surface area contributed by atoms with Gasteiger partial charge in [-0.2, -0.15) is 0 Å². The smallest absolute Gasteiger partial charge is 0.258 e. The Kier molecular flexibility index (Phi) is 6.29. The fraction of sp³-hybridized carbons (Fsp3) is 0.308. The quantitative estimate of drug-likeness (QED) is 0.509. The second kappa shape index (κ2) is 9.42. The van der Waals surface area contributed by atoms with Crippen LogP contribution in [0, 0.1) is 29.2 Å². The molecule has 6 nitrogen and oxygen atoms in total. The molecule has 1 amide bonds. The summed E-state index contributed by atoms with van der Waals surface area (Å²) in [4.78, 5) is 19.5. The maximum absolute atomic E-state index is 15.4.